The first kappa shape index (κ1) is 30.4. The summed E-state index contributed by atoms with van der Waals surface area (Å²) in [6.45, 7) is 4.50. The molecule has 4 nitrogen and oxygen atoms in total. The lowest BCUT2D eigenvalue weighted by Crippen LogP contribution is -2.59. The smallest absolute Gasteiger partial charge is 0.303 e. The predicted molar refractivity (Wildman–Crippen MR) is 152 cm³/mol. The average Bonchev–Trinajstić information content (AvgIpc) is 2.90. The van der Waals surface area contributed by atoms with Gasteiger partial charge in [0.05, 0.1) is 12.2 Å². The second-order valence-electron chi connectivity index (χ2n) is 12.5. The van der Waals surface area contributed by atoms with Crippen LogP contribution >= 0.6 is 0 Å². The minimum Gasteiger partial charge on any atom is -0.481 e. The zero-order valence-electron chi connectivity index (χ0n) is 23.9. The molecule has 0 amide bonds. The van der Waals surface area contributed by atoms with Gasteiger partial charge in [0, 0.05) is 12.3 Å². The SMILES string of the molecule is CCCCCCC1C(=CCCC(=O)O)[C@]2(CCCCCC)CC[C@H](O)[C@@H](/C=C/C(O)C3CCCCC3)[C@H]12. The van der Waals surface area contributed by atoms with Crippen molar-refractivity contribution in [3.05, 3.63) is 23.8 Å². The van der Waals surface area contributed by atoms with E-state index in [1.54, 1.807) is 0 Å². The van der Waals surface area contributed by atoms with Gasteiger partial charge < -0.3 is 15.3 Å². The lowest BCUT2D eigenvalue weighted by atomic mass is 9.40. The summed E-state index contributed by atoms with van der Waals surface area (Å²) in [7, 11) is 0. The van der Waals surface area contributed by atoms with Crippen molar-refractivity contribution in [3.63, 3.8) is 0 Å². The third-order valence-corrected chi connectivity index (χ3v) is 10.0. The molecule has 3 saturated carbocycles. The second-order valence-corrected chi connectivity index (χ2v) is 12.5. The van der Waals surface area contributed by atoms with Gasteiger partial charge in [-0.2, -0.15) is 0 Å². The standard InChI is InChI=1S/C33H56O4/c1-3-5-7-12-17-26-28(18-14-19-31(36)37)33(23-13-8-6-4-2)24-22-30(35)27(32(26)33)20-21-29(34)25-15-10-9-11-16-25/h18,20-21,25-27,29-30,32,34-35H,3-17,19,22-24H2,1-2H3,(H,36,37)/b21-20+,28-18?/t26?,27-,29?,30+,32+,33+/m1/s1. The van der Waals surface area contributed by atoms with Gasteiger partial charge in [0.2, 0.25) is 0 Å². The summed E-state index contributed by atoms with van der Waals surface area (Å²) in [5.74, 6) is 0.577. The van der Waals surface area contributed by atoms with E-state index >= 15 is 0 Å². The molecule has 0 aliphatic heterocycles. The van der Waals surface area contributed by atoms with Gasteiger partial charge in [0.25, 0.3) is 0 Å². The number of hydrogen-bond acceptors (Lipinski definition) is 3. The molecular formula is C33H56O4. The number of carboxylic acids is 1. The highest BCUT2D eigenvalue weighted by atomic mass is 16.4. The van der Waals surface area contributed by atoms with Crippen molar-refractivity contribution in [1.82, 2.24) is 0 Å². The maximum atomic E-state index is 11.3. The predicted octanol–water partition coefficient (Wildman–Crippen LogP) is 8.22. The monoisotopic (exact) mass is 516 g/mol. The third-order valence-electron chi connectivity index (χ3n) is 10.0. The molecule has 212 valence electrons. The van der Waals surface area contributed by atoms with Crippen LogP contribution in [0.2, 0.25) is 0 Å². The number of aliphatic carboxylic acids is 1. The lowest BCUT2D eigenvalue weighted by Gasteiger charge is -2.64. The fraction of sp³-hybridized carbons (Fsp3) is 0.848. The first-order chi connectivity index (χ1) is 17.9. The Morgan fingerprint density at radius 1 is 1.00 bits per heavy atom. The Bertz CT molecular complexity index is 737. The number of fused-ring (bicyclic) bond motifs is 1. The van der Waals surface area contributed by atoms with Gasteiger partial charge in [-0.1, -0.05) is 108 Å². The van der Waals surface area contributed by atoms with Crippen LogP contribution in [-0.4, -0.2) is 33.5 Å². The number of rotatable bonds is 16. The van der Waals surface area contributed by atoms with Gasteiger partial charge in [0.15, 0.2) is 0 Å². The molecule has 2 unspecified atom stereocenters. The van der Waals surface area contributed by atoms with Crippen molar-refractivity contribution >= 4 is 5.97 Å². The fourth-order valence-electron chi connectivity index (χ4n) is 8.09. The molecule has 37 heavy (non-hydrogen) atoms. The van der Waals surface area contributed by atoms with E-state index in [0.717, 1.165) is 38.5 Å². The molecular weight excluding hydrogens is 460 g/mol. The van der Waals surface area contributed by atoms with Crippen LogP contribution in [0, 0.1) is 29.1 Å². The molecule has 6 atom stereocenters. The molecule has 0 bridgehead atoms. The van der Waals surface area contributed by atoms with E-state index in [2.05, 4.69) is 26.0 Å². The van der Waals surface area contributed by atoms with Crippen LogP contribution in [-0.2, 0) is 4.79 Å². The van der Waals surface area contributed by atoms with E-state index in [4.69, 9.17) is 0 Å². The van der Waals surface area contributed by atoms with Crippen LogP contribution in [0.3, 0.4) is 0 Å². The maximum absolute atomic E-state index is 11.3. The summed E-state index contributed by atoms with van der Waals surface area (Å²) >= 11 is 0. The Labute approximate surface area is 227 Å². The van der Waals surface area contributed by atoms with Crippen LogP contribution < -0.4 is 0 Å². The Kier molecular flexibility index (Phi) is 12.7. The van der Waals surface area contributed by atoms with E-state index in [0.29, 0.717) is 24.2 Å². The molecule has 0 radical (unpaired) electrons. The van der Waals surface area contributed by atoms with Gasteiger partial charge >= 0.3 is 5.97 Å². The van der Waals surface area contributed by atoms with Crippen LogP contribution in [0.5, 0.6) is 0 Å². The molecule has 0 heterocycles. The largest absolute Gasteiger partial charge is 0.481 e. The Morgan fingerprint density at radius 2 is 1.70 bits per heavy atom. The second kappa shape index (κ2) is 15.5. The molecule has 4 heteroatoms. The van der Waals surface area contributed by atoms with E-state index in [1.165, 1.54) is 76.2 Å². The normalized spacial score (nSPS) is 32.4. The summed E-state index contributed by atoms with van der Waals surface area (Å²) < 4.78 is 0. The van der Waals surface area contributed by atoms with Gasteiger partial charge in [0.1, 0.15) is 0 Å². The summed E-state index contributed by atoms with van der Waals surface area (Å²) in [6.07, 6.45) is 26.5. The van der Waals surface area contributed by atoms with E-state index < -0.39 is 12.1 Å². The van der Waals surface area contributed by atoms with Crippen LogP contribution in [0.25, 0.3) is 0 Å². The number of unbranched alkanes of at least 4 members (excludes halogenated alkanes) is 6. The first-order valence-electron chi connectivity index (χ1n) is 15.9. The molecule has 3 rings (SSSR count). The zero-order chi connectivity index (χ0) is 26.7. The Balaban J connectivity index is 1.85. The highest BCUT2D eigenvalue weighted by Gasteiger charge is 2.61. The van der Waals surface area contributed by atoms with Crippen molar-refractivity contribution in [1.29, 1.82) is 0 Å². The molecule has 3 fully saturated rings. The van der Waals surface area contributed by atoms with Crippen LogP contribution in [0.4, 0.5) is 0 Å². The number of aliphatic hydroxyl groups excluding tert-OH is 2. The van der Waals surface area contributed by atoms with Crippen molar-refractivity contribution in [2.45, 2.75) is 148 Å². The Morgan fingerprint density at radius 3 is 2.38 bits per heavy atom. The summed E-state index contributed by atoms with van der Waals surface area (Å²) in [5, 5.41) is 31.5. The van der Waals surface area contributed by atoms with Crippen molar-refractivity contribution in [2.75, 3.05) is 0 Å². The summed E-state index contributed by atoms with van der Waals surface area (Å²) in [4.78, 5) is 11.3. The molecule has 3 aliphatic carbocycles. The quantitative estimate of drug-likeness (QED) is 0.143. The average molecular weight is 517 g/mol. The fourth-order valence-corrected chi connectivity index (χ4v) is 8.09. The van der Waals surface area contributed by atoms with Crippen molar-refractivity contribution in [3.8, 4) is 0 Å². The molecule has 0 saturated heterocycles. The van der Waals surface area contributed by atoms with E-state index in [1.807, 2.05) is 6.08 Å². The first-order valence-corrected chi connectivity index (χ1v) is 15.9. The molecule has 0 spiro atoms. The summed E-state index contributed by atoms with van der Waals surface area (Å²) in [6, 6.07) is 0. The van der Waals surface area contributed by atoms with E-state index in [-0.39, 0.29) is 23.9 Å². The molecule has 0 aromatic rings. The minimum absolute atomic E-state index is 0.0889. The molecule has 3 aliphatic rings. The minimum atomic E-state index is -0.721. The number of carboxylic acid groups (broad SMARTS) is 1. The highest BCUT2D eigenvalue weighted by Crippen LogP contribution is 2.68. The third kappa shape index (κ3) is 7.94. The van der Waals surface area contributed by atoms with Crippen molar-refractivity contribution in [2.24, 2.45) is 29.1 Å². The van der Waals surface area contributed by atoms with E-state index in [9.17, 15) is 20.1 Å². The number of aliphatic hydroxyl groups is 2. The van der Waals surface area contributed by atoms with Gasteiger partial charge in [-0.05, 0) is 68.1 Å². The van der Waals surface area contributed by atoms with Crippen molar-refractivity contribution < 1.29 is 20.1 Å². The summed E-state index contributed by atoms with van der Waals surface area (Å²) in [5.41, 5.74) is 1.62. The topological polar surface area (TPSA) is 77.8 Å². The Hall–Kier alpha value is -1.13. The number of carbonyl (C=O) groups is 1. The maximum Gasteiger partial charge on any atom is 0.303 e. The molecule has 0 aromatic carbocycles. The highest BCUT2D eigenvalue weighted by molar-refractivity contribution is 5.66. The van der Waals surface area contributed by atoms with Gasteiger partial charge in [-0.15, -0.1) is 0 Å². The zero-order valence-corrected chi connectivity index (χ0v) is 23.9. The van der Waals surface area contributed by atoms with Gasteiger partial charge in [-0.3, -0.25) is 4.79 Å². The number of allylic oxidation sites excluding steroid dienone is 2. The molecule has 0 aromatic heterocycles. The lowest BCUT2D eigenvalue weighted by molar-refractivity contribution is -0.136. The van der Waals surface area contributed by atoms with Gasteiger partial charge in [-0.25, -0.2) is 0 Å². The molecule has 3 N–H and O–H groups in total. The van der Waals surface area contributed by atoms with Crippen LogP contribution in [0.15, 0.2) is 23.8 Å². The number of hydrogen-bond donors (Lipinski definition) is 3. The van der Waals surface area contributed by atoms with Crippen LogP contribution in [0.1, 0.15) is 136 Å².